The van der Waals surface area contributed by atoms with Gasteiger partial charge in [-0.2, -0.15) is 0 Å². The number of primary sulfonamides is 1. The van der Waals surface area contributed by atoms with Crippen LogP contribution in [0.25, 0.3) is 0 Å². The van der Waals surface area contributed by atoms with Crippen LogP contribution in [0.15, 0.2) is 17.0 Å². The molecular weight excluding hydrogens is 328 g/mol. The number of nitro benzene ring substituents is 2. The van der Waals surface area contributed by atoms with Crippen molar-refractivity contribution in [2.24, 2.45) is 5.13 Å². The van der Waals surface area contributed by atoms with Crippen LogP contribution in [-0.4, -0.2) is 31.4 Å². The minimum atomic E-state index is -4.72. The normalized spacial score (nSPS) is 12.7. The van der Waals surface area contributed by atoms with Gasteiger partial charge in [-0.1, -0.05) is 13.8 Å². The Balaban J connectivity index is 3.82. The van der Waals surface area contributed by atoms with Crippen molar-refractivity contribution >= 4 is 27.1 Å². The van der Waals surface area contributed by atoms with E-state index in [1.54, 1.807) is 13.8 Å². The largest absolute Gasteiger partial charge is 0.360 e. The van der Waals surface area contributed by atoms with Gasteiger partial charge in [-0.3, -0.25) is 20.2 Å². The summed E-state index contributed by atoms with van der Waals surface area (Å²) < 4.78 is 37.6. The lowest BCUT2D eigenvalue weighted by molar-refractivity contribution is -0.393. The van der Waals surface area contributed by atoms with E-state index in [2.05, 4.69) is 0 Å². The molecule has 23 heavy (non-hydrogen) atoms. The average molecular weight is 348 g/mol. The maximum Gasteiger partial charge on any atom is 0.301 e. The van der Waals surface area contributed by atoms with Crippen LogP contribution in [-0.2, 0) is 10.0 Å². The summed E-state index contributed by atoms with van der Waals surface area (Å²) in [5.74, 6) is 0. The smallest absolute Gasteiger partial charge is 0.301 e. The van der Waals surface area contributed by atoms with Gasteiger partial charge >= 0.3 is 11.4 Å². The van der Waals surface area contributed by atoms with Crippen molar-refractivity contribution in [2.75, 3.05) is 18.0 Å². The first-order valence-corrected chi connectivity index (χ1v) is 8.26. The lowest BCUT2D eigenvalue weighted by Gasteiger charge is -2.23. The lowest BCUT2D eigenvalue weighted by atomic mass is 10.2. The standard InChI is InChI=1S/C12H18N4O6S/c1-3-5-14(6-4-2)12-10(15(17)18)7-9(23(13,21)22)8-11(12)16(19)20/h7-8H,3-6H2,1-2H3,(H2,13,21,22)/i/hD2. The molecule has 128 valence electrons. The van der Waals surface area contributed by atoms with E-state index in [-0.39, 0.29) is 5.69 Å². The molecule has 10 nitrogen and oxygen atoms in total. The molecule has 0 atom stereocenters. The molecule has 11 heteroatoms. The highest BCUT2D eigenvalue weighted by atomic mass is 32.2. The van der Waals surface area contributed by atoms with Crippen LogP contribution in [0, 0.1) is 20.2 Å². The Kier molecular flexibility index (Phi) is 4.98. The van der Waals surface area contributed by atoms with Gasteiger partial charge in [0.2, 0.25) is 10.0 Å². The monoisotopic (exact) mass is 348 g/mol. The molecule has 1 aromatic carbocycles. The van der Waals surface area contributed by atoms with Gasteiger partial charge in [-0.15, -0.1) is 0 Å². The van der Waals surface area contributed by atoms with E-state index in [9.17, 15) is 28.6 Å². The zero-order valence-corrected chi connectivity index (χ0v) is 13.4. The maximum absolute atomic E-state index is 11.9. The molecule has 0 amide bonds. The summed E-state index contributed by atoms with van der Waals surface area (Å²) in [6, 6.07) is 1.29. The van der Waals surface area contributed by atoms with Gasteiger partial charge in [0.1, 0.15) is 2.82 Å². The van der Waals surface area contributed by atoms with Gasteiger partial charge < -0.3 is 4.90 Å². The summed E-state index contributed by atoms with van der Waals surface area (Å²) >= 11 is 0. The molecule has 1 rings (SSSR count). The van der Waals surface area contributed by atoms with Crippen LogP contribution in [0.3, 0.4) is 0 Å². The van der Waals surface area contributed by atoms with Crippen LogP contribution in [0.2, 0.25) is 2.82 Å². The van der Waals surface area contributed by atoms with Crippen molar-refractivity contribution in [2.45, 2.75) is 31.6 Å². The van der Waals surface area contributed by atoms with Gasteiger partial charge in [0, 0.05) is 25.2 Å². The SMILES string of the molecule is [2H]N([2H])S(=O)(=O)c1cc([N+](=O)[O-])c(N(CCC)CCC)c([N+](=O)[O-])c1. The van der Waals surface area contributed by atoms with Crippen molar-refractivity contribution in [1.29, 1.82) is 0 Å². The first-order valence-electron chi connectivity index (χ1n) is 7.72. The number of nitrogens with zero attached hydrogens (tertiary/aromatic N) is 3. The molecule has 0 radical (unpaired) electrons. The number of nitro groups is 2. The number of anilines is 1. The zero-order valence-electron chi connectivity index (χ0n) is 14.6. The summed E-state index contributed by atoms with van der Waals surface area (Å²) in [5.41, 5.74) is -1.78. The molecule has 0 spiro atoms. The first kappa shape index (κ1) is 15.6. The summed E-state index contributed by atoms with van der Waals surface area (Å²) in [5, 5.41) is 22.2. The highest BCUT2D eigenvalue weighted by Crippen LogP contribution is 2.39. The van der Waals surface area contributed by atoms with Crippen molar-refractivity contribution in [1.82, 2.24) is 0 Å². The molecule has 0 saturated heterocycles. The van der Waals surface area contributed by atoms with Crippen LogP contribution >= 0.6 is 0 Å². The molecule has 0 bridgehead atoms. The predicted molar refractivity (Wildman–Crippen MR) is 83.9 cm³/mol. The third kappa shape index (κ3) is 4.36. The van der Waals surface area contributed by atoms with Crippen molar-refractivity contribution in [3.63, 3.8) is 0 Å². The summed E-state index contributed by atoms with van der Waals surface area (Å²) in [6.45, 7) is 4.23. The Morgan fingerprint density at radius 3 is 1.87 bits per heavy atom. The van der Waals surface area contributed by atoms with Crippen LogP contribution in [0.5, 0.6) is 0 Å². The minimum Gasteiger partial charge on any atom is -0.360 e. The van der Waals surface area contributed by atoms with E-state index >= 15 is 0 Å². The van der Waals surface area contributed by atoms with Crippen molar-refractivity contribution in [3.8, 4) is 0 Å². The number of rotatable bonds is 9. The van der Waals surface area contributed by atoms with E-state index in [4.69, 9.17) is 2.82 Å². The minimum absolute atomic E-state index is 0.279. The third-order valence-corrected chi connectivity index (χ3v) is 3.87. The first-order chi connectivity index (χ1) is 11.6. The number of nitrogens with two attached hydrogens (primary N) is 1. The predicted octanol–water partition coefficient (Wildman–Crippen LogP) is 1.78. The summed E-state index contributed by atoms with van der Waals surface area (Å²) in [4.78, 5) is 21.6. The number of benzene rings is 1. The van der Waals surface area contributed by atoms with Crippen molar-refractivity contribution in [3.05, 3.63) is 32.4 Å². The maximum atomic E-state index is 11.9. The quantitative estimate of drug-likeness (QED) is 0.527. The Morgan fingerprint density at radius 2 is 1.57 bits per heavy atom. The molecule has 0 aliphatic rings. The molecular formula is C12H18N4O6S. The van der Waals surface area contributed by atoms with E-state index < -0.39 is 41.3 Å². The fourth-order valence-electron chi connectivity index (χ4n) is 2.21. The van der Waals surface area contributed by atoms with E-state index in [1.807, 2.05) is 0 Å². The number of hydrogen-bond acceptors (Lipinski definition) is 7. The second-order valence-electron chi connectivity index (χ2n) is 4.79. The second kappa shape index (κ2) is 7.33. The van der Waals surface area contributed by atoms with E-state index in [0.29, 0.717) is 38.1 Å². The number of sulfonamides is 1. The molecule has 0 aliphatic heterocycles. The Morgan fingerprint density at radius 1 is 1.13 bits per heavy atom. The van der Waals surface area contributed by atoms with Gasteiger partial charge in [-0.05, 0) is 12.8 Å². The third-order valence-electron chi connectivity index (χ3n) is 3.04. The molecule has 0 heterocycles. The fraction of sp³-hybridized carbons (Fsp3) is 0.500. The Labute approximate surface area is 136 Å². The molecule has 0 fully saturated rings. The molecule has 1 aromatic rings. The van der Waals surface area contributed by atoms with Crippen LogP contribution < -0.4 is 10.0 Å². The second-order valence-corrected chi connectivity index (χ2v) is 6.21. The molecule has 2 N–H and O–H groups in total. The number of hydrogen-bond donors (Lipinski definition) is 1. The van der Waals surface area contributed by atoms with Crippen LogP contribution in [0.4, 0.5) is 17.1 Å². The van der Waals surface area contributed by atoms with E-state index in [0.717, 1.165) is 0 Å². The summed E-state index contributed by atoms with van der Waals surface area (Å²) in [7, 11) is -4.72. The molecule has 0 aliphatic carbocycles. The zero-order chi connectivity index (χ0) is 19.4. The van der Waals surface area contributed by atoms with Gasteiger partial charge in [-0.25, -0.2) is 13.5 Å². The lowest BCUT2D eigenvalue weighted by Crippen LogP contribution is -2.27. The molecule has 0 unspecified atom stereocenters. The Bertz CT molecular complexity index is 730. The highest BCUT2D eigenvalue weighted by Gasteiger charge is 2.32. The van der Waals surface area contributed by atoms with Crippen LogP contribution in [0.1, 0.15) is 26.7 Å². The topological polar surface area (TPSA) is 150 Å². The van der Waals surface area contributed by atoms with E-state index in [1.165, 1.54) is 4.90 Å². The fourth-order valence-corrected chi connectivity index (χ4v) is 2.73. The molecule has 0 saturated carbocycles. The van der Waals surface area contributed by atoms with Gasteiger partial charge in [0.25, 0.3) is 0 Å². The Hall–Kier alpha value is -2.27. The van der Waals surface area contributed by atoms with Gasteiger partial charge in [0.05, 0.1) is 14.7 Å². The highest BCUT2D eigenvalue weighted by molar-refractivity contribution is 7.89. The molecule has 0 aromatic heterocycles. The van der Waals surface area contributed by atoms with Crippen molar-refractivity contribution < 1.29 is 21.1 Å². The average Bonchev–Trinajstić information content (AvgIpc) is 2.52. The summed E-state index contributed by atoms with van der Waals surface area (Å²) in [6.07, 6.45) is 1.14. The van der Waals surface area contributed by atoms with Gasteiger partial charge in [0.15, 0.2) is 5.69 Å².